The molecule has 78 valence electrons. The minimum absolute atomic E-state index is 0.273. The van der Waals surface area contributed by atoms with Crippen LogP contribution in [0.15, 0.2) is 22.8 Å². The van der Waals surface area contributed by atoms with E-state index in [-0.39, 0.29) is 5.41 Å². The summed E-state index contributed by atoms with van der Waals surface area (Å²) in [5.74, 6) is 0. The second-order valence-electron chi connectivity index (χ2n) is 4.51. The van der Waals surface area contributed by atoms with Gasteiger partial charge in [0.15, 0.2) is 0 Å². The molecule has 0 fully saturated rings. The third-order valence-corrected chi connectivity index (χ3v) is 4.28. The molecule has 14 heavy (non-hydrogen) atoms. The monoisotopic (exact) mass is 319 g/mol. The normalized spacial score (nSPS) is 14.1. The van der Waals surface area contributed by atoms with E-state index in [1.807, 2.05) is 12.3 Å². The summed E-state index contributed by atoms with van der Waals surface area (Å²) < 4.78 is 1.03. The Labute approximate surface area is 103 Å². The Morgan fingerprint density at radius 2 is 2.00 bits per heavy atom. The fraction of sp³-hybridized carbons (Fsp3) is 0.545. The van der Waals surface area contributed by atoms with Crippen LogP contribution in [-0.2, 0) is 6.42 Å². The molecule has 0 aromatic carbocycles. The quantitative estimate of drug-likeness (QED) is 0.744. The lowest BCUT2D eigenvalue weighted by molar-refractivity contribution is 0.396. The topological polar surface area (TPSA) is 12.9 Å². The van der Waals surface area contributed by atoms with Crippen molar-refractivity contribution >= 4 is 31.9 Å². The van der Waals surface area contributed by atoms with Crippen molar-refractivity contribution in [1.82, 2.24) is 4.98 Å². The van der Waals surface area contributed by atoms with Gasteiger partial charge in [0.05, 0.1) is 0 Å². The maximum Gasteiger partial charge on any atom is 0.0415 e. The molecule has 0 saturated heterocycles. The van der Waals surface area contributed by atoms with Crippen LogP contribution in [0.1, 0.15) is 26.5 Å². The van der Waals surface area contributed by atoms with Gasteiger partial charge in [0, 0.05) is 27.6 Å². The highest BCUT2D eigenvalue weighted by atomic mass is 79.9. The predicted octanol–water partition coefficient (Wildman–Crippen LogP) is 4.20. The molecule has 0 aliphatic carbocycles. The van der Waals surface area contributed by atoms with Crippen LogP contribution >= 0.6 is 31.9 Å². The molecule has 1 rings (SSSR count). The third-order valence-electron chi connectivity index (χ3n) is 2.12. The first-order valence-electron chi connectivity index (χ1n) is 4.64. The van der Waals surface area contributed by atoms with Gasteiger partial charge in [0.1, 0.15) is 0 Å². The summed E-state index contributed by atoms with van der Waals surface area (Å²) >= 11 is 7.08. The van der Waals surface area contributed by atoms with Crippen LogP contribution in [0.25, 0.3) is 0 Å². The fourth-order valence-corrected chi connectivity index (χ4v) is 1.58. The lowest BCUT2D eigenvalue weighted by Gasteiger charge is -2.25. The van der Waals surface area contributed by atoms with Gasteiger partial charge in [-0.05, 0) is 33.5 Å². The van der Waals surface area contributed by atoms with E-state index >= 15 is 0 Å². The van der Waals surface area contributed by atoms with Crippen molar-refractivity contribution in [2.24, 2.45) is 5.41 Å². The number of nitrogens with zero attached hydrogens (tertiary/aromatic N) is 1. The molecule has 0 N–H and O–H groups in total. The molecule has 1 heterocycles. The van der Waals surface area contributed by atoms with Crippen LogP contribution < -0.4 is 0 Å². The standard InChI is InChI=1S/C11H15Br2N/c1-11(2,3)10(13)6-9-5-4-8(12)7-14-9/h4-5,7,10H,6H2,1-3H3. The minimum atomic E-state index is 0.273. The maximum atomic E-state index is 4.35. The number of hydrogen-bond donors (Lipinski definition) is 0. The van der Waals surface area contributed by atoms with Crippen molar-refractivity contribution in [2.45, 2.75) is 32.0 Å². The third kappa shape index (κ3) is 3.70. The molecule has 1 atom stereocenters. The van der Waals surface area contributed by atoms with Crippen LogP contribution in [-0.4, -0.2) is 9.81 Å². The van der Waals surface area contributed by atoms with Crippen LogP contribution in [0.2, 0.25) is 0 Å². The summed E-state index contributed by atoms with van der Waals surface area (Å²) in [6.45, 7) is 6.68. The summed E-state index contributed by atoms with van der Waals surface area (Å²) in [4.78, 5) is 4.82. The van der Waals surface area contributed by atoms with Gasteiger partial charge < -0.3 is 0 Å². The molecule has 0 saturated carbocycles. The molecular weight excluding hydrogens is 306 g/mol. The Bertz CT molecular complexity index is 287. The molecule has 1 nitrogen and oxygen atoms in total. The van der Waals surface area contributed by atoms with Gasteiger partial charge in [0.25, 0.3) is 0 Å². The van der Waals surface area contributed by atoms with Crippen LogP contribution in [0.3, 0.4) is 0 Å². The average molecular weight is 321 g/mol. The van der Waals surface area contributed by atoms with Gasteiger partial charge >= 0.3 is 0 Å². The van der Waals surface area contributed by atoms with E-state index in [0.29, 0.717) is 4.83 Å². The van der Waals surface area contributed by atoms with Crippen LogP contribution in [0.5, 0.6) is 0 Å². The van der Waals surface area contributed by atoms with Crippen molar-refractivity contribution in [3.05, 3.63) is 28.5 Å². The van der Waals surface area contributed by atoms with E-state index in [2.05, 4.69) is 63.7 Å². The van der Waals surface area contributed by atoms with Crippen molar-refractivity contribution in [2.75, 3.05) is 0 Å². The first-order valence-corrected chi connectivity index (χ1v) is 6.35. The number of hydrogen-bond acceptors (Lipinski definition) is 1. The average Bonchev–Trinajstić information content (AvgIpc) is 2.07. The summed E-state index contributed by atoms with van der Waals surface area (Å²) in [7, 11) is 0. The van der Waals surface area contributed by atoms with E-state index < -0.39 is 0 Å². The highest BCUT2D eigenvalue weighted by Gasteiger charge is 2.22. The largest absolute Gasteiger partial charge is 0.260 e. The number of pyridine rings is 1. The molecule has 1 aromatic rings. The number of rotatable bonds is 2. The summed E-state index contributed by atoms with van der Waals surface area (Å²) in [5, 5.41) is 0. The minimum Gasteiger partial charge on any atom is -0.260 e. The van der Waals surface area contributed by atoms with Gasteiger partial charge in [-0.1, -0.05) is 36.7 Å². The van der Waals surface area contributed by atoms with Gasteiger partial charge in [-0.2, -0.15) is 0 Å². The number of aromatic nitrogens is 1. The van der Waals surface area contributed by atoms with E-state index in [1.165, 1.54) is 0 Å². The maximum absolute atomic E-state index is 4.35. The molecule has 0 bridgehead atoms. The number of halogens is 2. The highest BCUT2D eigenvalue weighted by Crippen LogP contribution is 2.28. The van der Waals surface area contributed by atoms with E-state index in [9.17, 15) is 0 Å². The van der Waals surface area contributed by atoms with Crippen LogP contribution in [0, 0.1) is 5.41 Å². The predicted molar refractivity (Wildman–Crippen MR) is 67.8 cm³/mol. The van der Waals surface area contributed by atoms with Gasteiger partial charge in [-0.15, -0.1) is 0 Å². The lowest BCUT2D eigenvalue weighted by atomic mass is 9.89. The second kappa shape index (κ2) is 4.75. The smallest absolute Gasteiger partial charge is 0.0415 e. The first-order chi connectivity index (χ1) is 6.39. The molecule has 1 aromatic heterocycles. The molecule has 0 radical (unpaired) electrons. The van der Waals surface area contributed by atoms with E-state index in [4.69, 9.17) is 0 Å². The van der Waals surface area contributed by atoms with Crippen molar-refractivity contribution < 1.29 is 0 Å². The Balaban J connectivity index is 2.65. The summed E-state index contributed by atoms with van der Waals surface area (Å²) in [5.41, 5.74) is 1.40. The van der Waals surface area contributed by atoms with Gasteiger partial charge in [-0.25, -0.2) is 0 Å². The zero-order valence-electron chi connectivity index (χ0n) is 8.72. The molecule has 0 aliphatic heterocycles. The van der Waals surface area contributed by atoms with E-state index in [0.717, 1.165) is 16.6 Å². The fourth-order valence-electron chi connectivity index (χ4n) is 1.02. The zero-order chi connectivity index (χ0) is 10.8. The Morgan fingerprint density at radius 1 is 1.36 bits per heavy atom. The zero-order valence-corrected chi connectivity index (χ0v) is 11.9. The molecule has 0 spiro atoms. The van der Waals surface area contributed by atoms with Crippen molar-refractivity contribution in [3.8, 4) is 0 Å². The van der Waals surface area contributed by atoms with E-state index in [1.54, 1.807) is 0 Å². The van der Waals surface area contributed by atoms with Crippen LogP contribution in [0.4, 0.5) is 0 Å². The van der Waals surface area contributed by atoms with Gasteiger partial charge in [-0.3, -0.25) is 4.98 Å². The summed E-state index contributed by atoms with van der Waals surface area (Å²) in [6, 6.07) is 4.09. The molecular formula is C11H15Br2N. The molecule has 0 amide bonds. The molecule has 0 aliphatic rings. The first kappa shape index (κ1) is 12.2. The second-order valence-corrected chi connectivity index (χ2v) is 6.53. The SMILES string of the molecule is CC(C)(C)C(Br)Cc1ccc(Br)cn1. The van der Waals surface area contributed by atoms with Crippen molar-refractivity contribution in [3.63, 3.8) is 0 Å². The Kier molecular flexibility index (Phi) is 4.14. The highest BCUT2D eigenvalue weighted by molar-refractivity contribution is 9.10. The lowest BCUT2D eigenvalue weighted by Crippen LogP contribution is -2.22. The molecule has 3 heteroatoms. The van der Waals surface area contributed by atoms with Gasteiger partial charge in [0.2, 0.25) is 0 Å². The Hall–Kier alpha value is 0.110. The molecule has 1 unspecified atom stereocenters. The summed E-state index contributed by atoms with van der Waals surface area (Å²) in [6.07, 6.45) is 2.81. The Morgan fingerprint density at radius 3 is 2.43 bits per heavy atom. The number of alkyl halides is 1. The van der Waals surface area contributed by atoms with Crippen molar-refractivity contribution in [1.29, 1.82) is 0 Å².